The Labute approximate surface area is 99.6 Å². The van der Waals surface area contributed by atoms with E-state index >= 15 is 0 Å². The lowest BCUT2D eigenvalue weighted by atomic mass is 10.1. The summed E-state index contributed by atoms with van der Waals surface area (Å²) in [7, 11) is 0. The summed E-state index contributed by atoms with van der Waals surface area (Å²) in [5, 5.41) is 12.7. The zero-order valence-electron chi connectivity index (χ0n) is 10.8. The number of nitrogens with one attached hydrogen (secondary N) is 1. The molecule has 1 fully saturated rings. The van der Waals surface area contributed by atoms with Gasteiger partial charge in [-0.25, -0.2) is 0 Å². The molecule has 0 bridgehead atoms. The van der Waals surface area contributed by atoms with Gasteiger partial charge in [-0.3, -0.25) is 0 Å². The van der Waals surface area contributed by atoms with Crippen LogP contribution in [0.15, 0.2) is 0 Å². The Hall–Kier alpha value is -0.120. The van der Waals surface area contributed by atoms with Gasteiger partial charge in [-0.2, -0.15) is 0 Å². The molecule has 16 heavy (non-hydrogen) atoms. The lowest BCUT2D eigenvalue weighted by Crippen LogP contribution is -2.50. The minimum atomic E-state index is -0.269. The Balaban J connectivity index is 2.16. The van der Waals surface area contributed by atoms with E-state index in [1.807, 2.05) is 6.92 Å². The van der Waals surface area contributed by atoms with Crippen LogP contribution < -0.4 is 5.32 Å². The number of hydrogen-bond donors (Lipinski definition) is 2. The molecule has 0 radical (unpaired) electrons. The molecule has 0 aromatic heterocycles. The monoisotopic (exact) mass is 229 g/mol. The summed E-state index contributed by atoms with van der Waals surface area (Å²) in [5.74, 6) is 0.758. The zero-order chi connectivity index (χ0) is 11.9. The summed E-state index contributed by atoms with van der Waals surface area (Å²) < 4.78 is 5.75. The number of hydrogen-bond acceptors (Lipinski definition) is 3. The molecule has 1 unspecified atom stereocenters. The second-order valence-corrected chi connectivity index (χ2v) is 5.31. The number of ether oxygens (including phenoxy) is 1. The summed E-state index contributed by atoms with van der Waals surface area (Å²) in [6, 6.07) is 0. The minimum Gasteiger partial charge on any atom is -0.394 e. The van der Waals surface area contributed by atoms with Crippen LogP contribution in [0.5, 0.6) is 0 Å². The van der Waals surface area contributed by atoms with E-state index in [0.717, 1.165) is 25.5 Å². The Morgan fingerprint density at radius 3 is 2.62 bits per heavy atom. The molecule has 0 amide bonds. The van der Waals surface area contributed by atoms with Crippen molar-refractivity contribution in [1.29, 1.82) is 0 Å². The second-order valence-electron chi connectivity index (χ2n) is 5.31. The van der Waals surface area contributed by atoms with Crippen molar-refractivity contribution in [3.05, 3.63) is 0 Å². The van der Waals surface area contributed by atoms with Crippen molar-refractivity contribution in [2.24, 2.45) is 5.92 Å². The first-order valence-electron chi connectivity index (χ1n) is 6.64. The largest absolute Gasteiger partial charge is 0.394 e. The molecule has 1 rings (SSSR count). The standard InChI is InChI=1S/C13H27NO2/c1-3-8-14-13(2,10-15)11-16-9-12-6-4-5-7-12/h12,14-15H,3-11H2,1-2H3. The maximum Gasteiger partial charge on any atom is 0.0668 e. The third-order valence-electron chi connectivity index (χ3n) is 3.40. The molecule has 3 heteroatoms. The van der Waals surface area contributed by atoms with Gasteiger partial charge in [0.2, 0.25) is 0 Å². The summed E-state index contributed by atoms with van der Waals surface area (Å²) >= 11 is 0. The maximum atomic E-state index is 9.36. The molecule has 0 heterocycles. The smallest absolute Gasteiger partial charge is 0.0668 e. The van der Waals surface area contributed by atoms with Crippen molar-refractivity contribution < 1.29 is 9.84 Å². The third-order valence-corrected chi connectivity index (χ3v) is 3.40. The topological polar surface area (TPSA) is 41.5 Å². The molecule has 1 aliphatic carbocycles. The molecule has 1 atom stereocenters. The predicted molar refractivity (Wildman–Crippen MR) is 66.6 cm³/mol. The highest BCUT2D eigenvalue weighted by Crippen LogP contribution is 2.24. The molecular formula is C13H27NO2. The van der Waals surface area contributed by atoms with Gasteiger partial charge in [0.25, 0.3) is 0 Å². The van der Waals surface area contributed by atoms with Crippen LogP contribution in [0, 0.1) is 5.92 Å². The predicted octanol–water partition coefficient (Wildman–Crippen LogP) is 1.94. The van der Waals surface area contributed by atoms with Crippen LogP contribution in [0.25, 0.3) is 0 Å². The van der Waals surface area contributed by atoms with Gasteiger partial charge >= 0.3 is 0 Å². The molecule has 2 N–H and O–H groups in total. The number of rotatable bonds is 8. The van der Waals surface area contributed by atoms with E-state index < -0.39 is 0 Å². The normalized spacial score (nSPS) is 21.2. The fraction of sp³-hybridized carbons (Fsp3) is 1.00. The van der Waals surface area contributed by atoms with Gasteiger partial charge < -0.3 is 15.2 Å². The average Bonchev–Trinajstić information content (AvgIpc) is 2.79. The maximum absolute atomic E-state index is 9.36. The fourth-order valence-electron chi connectivity index (χ4n) is 2.21. The van der Waals surface area contributed by atoms with E-state index in [9.17, 15) is 5.11 Å². The molecule has 96 valence electrons. The highest BCUT2D eigenvalue weighted by atomic mass is 16.5. The Kier molecular flexibility index (Phi) is 6.32. The number of aliphatic hydroxyl groups excluding tert-OH is 1. The first-order valence-corrected chi connectivity index (χ1v) is 6.64. The minimum absolute atomic E-state index is 0.137. The zero-order valence-corrected chi connectivity index (χ0v) is 10.8. The lowest BCUT2D eigenvalue weighted by molar-refractivity contribution is 0.0288. The molecule has 3 nitrogen and oxygen atoms in total. The third kappa shape index (κ3) is 4.81. The van der Waals surface area contributed by atoms with Crippen LogP contribution >= 0.6 is 0 Å². The van der Waals surface area contributed by atoms with Crippen LogP contribution in [-0.2, 0) is 4.74 Å². The number of aliphatic hydroxyl groups is 1. The second kappa shape index (κ2) is 7.25. The van der Waals surface area contributed by atoms with Gasteiger partial charge in [-0.05, 0) is 38.6 Å². The van der Waals surface area contributed by atoms with Crippen molar-refractivity contribution in [2.45, 2.75) is 51.5 Å². The Bertz CT molecular complexity index is 181. The van der Waals surface area contributed by atoms with Crippen LogP contribution in [0.3, 0.4) is 0 Å². The Morgan fingerprint density at radius 2 is 2.06 bits per heavy atom. The molecule has 0 saturated heterocycles. The van der Waals surface area contributed by atoms with Gasteiger partial charge in [0.15, 0.2) is 0 Å². The lowest BCUT2D eigenvalue weighted by Gasteiger charge is -2.29. The van der Waals surface area contributed by atoms with Crippen LogP contribution in [0.1, 0.15) is 46.0 Å². The summed E-state index contributed by atoms with van der Waals surface area (Å²) in [4.78, 5) is 0. The Morgan fingerprint density at radius 1 is 1.38 bits per heavy atom. The average molecular weight is 229 g/mol. The van der Waals surface area contributed by atoms with Crippen LogP contribution in [0.2, 0.25) is 0 Å². The molecule has 0 aromatic carbocycles. The van der Waals surface area contributed by atoms with Gasteiger partial charge in [-0.15, -0.1) is 0 Å². The van der Waals surface area contributed by atoms with Crippen molar-refractivity contribution in [2.75, 3.05) is 26.4 Å². The van der Waals surface area contributed by atoms with E-state index in [4.69, 9.17) is 4.74 Å². The van der Waals surface area contributed by atoms with Crippen LogP contribution in [-0.4, -0.2) is 37.0 Å². The molecule has 0 aromatic rings. The molecule has 1 saturated carbocycles. The van der Waals surface area contributed by atoms with E-state index in [1.54, 1.807) is 0 Å². The quantitative estimate of drug-likeness (QED) is 0.668. The SMILES string of the molecule is CCCNC(C)(CO)COCC1CCCC1. The molecule has 0 spiro atoms. The molecule has 0 aliphatic heterocycles. The summed E-state index contributed by atoms with van der Waals surface area (Å²) in [6.07, 6.45) is 6.44. The first kappa shape index (κ1) is 13.9. The van der Waals surface area contributed by atoms with E-state index in [2.05, 4.69) is 12.2 Å². The molecule has 1 aliphatic rings. The van der Waals surface area contributed by atoms with E-state index in [1.165, 1.54) is 25.7 Å². The highest BCUT2D eigenvalue weighted by Gasteiger charge is 2.23. The van der Waals surface area contributed by atoms with Gasteiger partial charge in [-0.1, -0.05) is 19.8 Å². The van der Waals surface area contributed by atoms with Gasteiger partial charge in [0, 0.05) is 6.61 Å². The van der Waals surface area contributed by atoms with Crippen LogP contribution in [0.4, 0.5) is 0 Å². The van der Waals surface area contributed by atoms with Gasteiger partial charge in [0.1, 0.15) is 0 Å². The molecular weight excluding hydrogens is 202 g/mol. The van der Waals surface area contributed by atoms with E-state index in [-0.39, 0.29) is 12.1 Å². The summed E-state index contributed by atoms with van der Waals surface area (Å²) in [5.41, 5.74) is -0.269. The fourth-order valence-corrected chi connectivity index (χ4v) is 2.21. The van der Waals surface area contributed by atoms with Crippen molar-refractivity contribution in [3.8, 4) is 0 Å². The summed E-state index contributed by atoms with van der Waals surface area (Å²) in [6.45, 7) is 6.70. The van der Waals surface area contributed by atoms with E-state index in [0.29, 0.717) is 6.61 Å². The van der Waals surface area contributed by atoms with Crippen molar-refractivity contribution in [3.63, 3.8) is 0 Å². The van der Waals surface area contributed by atoms with Crippen molar-refractivity contribution in [1.82, 2.24) is 5.32 Å². The first-order chi connectivity index (χ1) is 7.70. The van der Waals surface area contributed by atoms with Gasteiger partial charge in [0.05, 0.1) is 18.8 Å². The van der Waals surface area contributed by atoms with Crippen molar-refractivity contribution >= 4 is 0 Å². The highest BCUT2D eigenvalue weighted by molar-refractivity contribution is 4.82.